The number of hydrogen-bond donors (Lipinski definition) is 1. The third-order valence-corrected chi connectivity index (χ3v) is 8.91. The van der Waals surface area contributed by atoms with Crippen LogP contribution < -0.4 is 4.90 Å². The molecule has 2 aromatic carbocycles. The zero-order chi connectivity index (χ0) is 34.7. The minimum Gasteiger partial charge on any atom is -0.507 e. The van der Waals surface area contributed by atoms with Crippen LogP contribution in [0.4, 0.5) is 17.2 Å². The molecule has 0 aliphatic rings. The van der Waals surface area contributed by atoms with Crippen molar-refractivity contribution in [2.24, 2.45) is 0 Å². The fraction of sp³-hybridized carbons (Fsp3) is 0.244. The summed E-state index contributed by atoms with van der Waals surface area (Å²) < 4.78 is 6.47. The number of benzene rings is 2. The number of phenols is 1. The first-order valence-corrected chi connectivity index (χ1v) is 16.5. The van der Waals surface area contributed by atoms with Crippen molar-refractivity contribution < 1.29 is 9.52 Å². The van der Waals surface area contributed by atoms with Gasteiger partial charge in [-0.2, -0.15) is 0 Å². The van der Waals surface area contributed by atoms with Crippen LogP contribution in [0, 0.1) is 13.8 Å². The molecule has 0 unspecified atom stereocenters. The summed E-state index contributed by atoms with van der Waals surface area (Å²) >= 11 is 0. The van der Waals surface area contributed by atoms with Crippen LogP contribution in [-0.4, -0.2) is 30.0 Å². The molecule has 5 aromatic heterocycles. The van der Waals surface area contributed by atoms with Gasteiger partial charge in [0.05, 0.1) is 28.8 Å². The van der Waals surface area contributed by atoms with Crippen LogP contribution in [-0.2, 0) is 10.8 Å². The Morgan fingerprint density at radius 1 is 0.776 bits per heavy atom. The Kier molecular flexibility index (Phi) is 7.70. The summed E-state index contributed by atoms with van der Waals surface area (Å²) in [4.78, 5) is 26.4. The van der Waals surface area contributed by atoms with Gasteiger partial charge in [0.2, 0.25) is 0 Å². The number of hydrogen-bond acceptors (Lipinski definition) is 8. The van der Waals surface area contributed by atoms with Gasteiger partial charge in [0, 0.05) is 35.1 Å². The van der Waals surface area contributed by atoms with Gasteiger partial charge in [-0.25, -0.2) is 15.0 Å². The molecule has 7 rings (SSSR count). The van der Waals surface area contributed by atoms with E-state index in [0.717, 1.165) is 50.5 Å². The number of nitrogens with zero attached hydrogens (tertiary/aromatic N) is 6. The Hall–Kier alpha value is -5.63. The summed E-state index contributed by atoms with van der Waals surface area (Å²) in [5.74, 6) is 1.32. The van der Waals surface area contributed by atoms with Crippen molar-refractivity contribution in [2.45, 2.75) is 66.2 Å². The Bertz CT molecular complexity index is 2330. The quantitative estimate of drug-likeness (QED) is 0.197. The highest BCUT2D eigenvalue weighted by Crippen LogP contribution is 2.44. The van der Waals surface area contributed by atoms with E-state index in [1.54, 1.807) is 12.4 Å². The lowest BCUT2D eigenvalue weighted by Crippen LogP contribution is -2.17. The second-order valence-electron chi connectivity index (χ2n) is 14.6. The fourth-order valence-electron chi connectivity index (χ4n) is 6.28. The zero-order valence-electron chi connectivity index (χ0n) is 29.2. The molecule has 0 aliphatic heterocycles. The average molecular weight is 649 g/mol. The van der Waals surface area contributed by atoms with Gasteiger partial charge in [0.25, 0.3) is 0 Å². The highest BCUT2D eigenvalue weighted by atomic mass is 16.3. The van der Waals surface area contributed by atoms with Gasteiger partial charge in [0.15, 0.2) is 11.4 Å². The number of aromatic hydroxyl groups is 1. The van der Waals surface area contributed by atoms with E-state index in [0.29, 0.717) is 33.8 Å². The maximum atomic E-state index is 11.9. The third-order valence-electron chi connectivity index (χ3n) is 8.91. The van der Waals surface area contributed by atoms with E-state index in [-0.39, 0.29) is 16.6 Å². The molecule has 1 N–H and O–H groups in total. The van der Waals surface area contributed by atoms with Crippen molar-refractivity contribution in [3.8, 4) is 28.4 Å². The molecule has 0 saturated carbocycles. The highest BCUT2D eigenvalue weighted by Gasteiger charge is 2.28. The lowest BCUT2D eigenvalue weighted by molar-refractivity contribution is 0.446. The van der Waals surface area contributed by atoms with Crippen molar-refractivity contribution in [3.63, 3.8) is 0 Å². The van der Waals surface area contributed by atoms with Gasteiger partial charge >= 0.3 is 0 Å². The molecule has 0 atom stereocenters. The van der Waals surface area contributed by atoms with Crippen LogP contribution in [0.5, 0.6) is 5.75 Å². The Labute approximate surface area is 286 Å². The smallest absolute Gasteiger partial charge is 0.180 e. The van der Waals surface area contributed by atoms with Crippen molar-refractivity contribution >= 4 is 39.3 Å². The minimum atomic E-state index is -0.314. The van der Waals surface area contributed by atoms with E-state index in [4.69, 9.17) is 24.4 Å². The summed E-state index contributed by atoms with van der Waals surface area (Å²) in [6, 6.07) is 21.8. The van der Waals surface area contributed by atoms with Gasteiger partial charge in [-0.15, -0.1) is 0 Å². The first kappa shape index (κ1) is 31.9. The monoisotopic (exact) mass is 648 g/mol. The molecule has 0 radical (unpaired) electrons. The number of furan rings is 1. The lowest BCUT2D eigenvalue weighted by Gasteiger charge is -2.27. The summed E-state index contributed by atoms with van der Waals surface area (Å²) in [6.07, 6.45) is 7.19. The topological polar surface area (TPSA) is 101 Å². The number of aromatic nitrogens is 5. The van der Waals surface area contributed by atoms with E-state index < -0.39 is 0 Å². The maximum absolute atomic E-state index is 11.9. The molecule has 7 aromatic rings. The Morgan fingerprint density at radius 2 is 1.55 bits per heavy atom. The number of para-hydroxylation sites is 1. The van der Waals surface area contributed by atoms with Crippen molar-refractivity contribution in [1.29, 1.82) is 0 Å². The second kappa shape index (κ2) is 11.8. The predicted octanol–water partition coefficient (Wildman–Crippen LogP) is 10.3. The van der Waals surface area contributed by atoms with E-state index in [9.17, 15) is 5.11 Å². The number of pyridine rings is 3. The first-order valence-electron chi connectivity index (χ1n) is 16.5. The number of rotatable bonds is 5. The van der Waals surface area contributed by atoms with E-state index in [2.05, 4.69) is 64.4 Å². The molecule has 5 heterocycles. The normalized spacial score (nSPS) is 12.2. The molecule has 8 nitrogen and oxygen atoms in total. The Morgan fingerprint density at radius 3 is 2.27 bits per heavy atom. The number of fused-ring (bicyclic) bond motifs is 3. The minimum absolute atomic E-state index is 0.173. The molecule has 0 aliphatic carbocycles. The fourth-order valence-corrected chi connectivity index (χ4v) is 6.28. The summed E-state index contributed by atoms with van der Waals surface area (Å²) in [7, 11) is 0. The molecule has 0 fully saturated rings. The molecular formula is C41H40N6O2. The summed E-state index contributed by atoms with van der Waals surface area (Å²) in [5, 5.41) is 12.7. The third kappa shape index (κ3) is 5.77. The molecule has 8 heteroatoms. The molecule has 0 spiro atoms. The highest BCUT2D eigenvalue weighted by molar-refractivity contribution is 6.07. The van der Waals surface area contributed by atoms with Crippen LogP contribution in [0.25, 0.3) is 44.7 Å². The van der Waals surface area contributed by atoms with Gasteiger partial charge in [-0.05, 0) is 78.3 Å². The summed E-state index contributed by atoms with van der Waals surface area (Å²) in [6.45, 7) is 16.9. The molecule has 49 heavy (non-hydrogen) atoms. The van der Waals surface area contributed by atoms with Crippen LogP contribution in [0.1, 0.15) is 63.9 Å². The van der Waals surface area contributed by atoms with E-state index in [1.807, 2.05) is 80.0 Å². The van der Waals surface area contributed by atoms with Gasteiger partial charge < -0.3 is 9.52 Å². The van der Waals surface area contributed by atoms with Gasteiger partial charge in [-0.1, -0.05) is 65.8 Å². The van der Waals surface area contributed by atoms with Crippen LogP contribution >= 0.6 is 0 Å². The largest absolute Gasteiger partial charge is 0.507 e. The van der Waals surface area contributed by atoms with Gasteiger partial charge in [0.1, 0.15) is 28.4 Å². The van der Waals surface area contributed by atoms with E-state index >= 15 is 0 Å². The number of phenolic OH excluding ortho intramolecular Hbond substituents is 1. The van der Waals surface area contributed by atoms with Crippen molar-refractivity contribution in [3.05, 3.63) is 114 Å². The molecule has 0 saturated heterocycles. The standard InChI is InChI=1S/C41H40N6O2/c1-24-16-18-43-25(2)36(24)47(33-15-11-12-17-44-33)28-19-26(22-42-23-28)34-38-35(29-13-9-10-14-32(29)49-38)46-39(45-34)30-20-27(40(3,4)5)21-31(37(30)48)41(6,7)8/h9-23,48H,1-8H3. The van der Waals surface area contributed by atoms with Crippen molar-refractivity contribution in [1.82, 2.24) is 24.9 Å². The average Bonchev–Trinajstić information content (AvgIpc) is 3.44. The zero-order valence-corrected chi connectivity index (χ0v) is 29.2. The molecule has 246 valence electrons. The van der Waals surface area contributed by atoms with E-state index in [1.165, 1.54) is 0 Å². The first-order chi connectivity index (χ1) is 23.3. The lowest BCUT2D eigenvalue weighted by atomic mass is 9.79. The second-order valence-corrected chi connectivity index (χ2v) is 14.6. The summed E-state index contributed by atoms with van der Waals surface area (Å²) in [5.41, 5.74) is 8.86. The van der Waals surface area contributed by atoms with Crippen LogP contribution in [0.2, 0.25) is 0 Å². The number of anilines is 3. The van der Waals surface area contributed by atoms with Crippen molar-refractivity contribution in [2.75, 3.05) is 4.90 Å². The SMILES string of the molecule is Cc1ccnc(C)c1N(c1cncc(-c2nc(-c3cc(C(C)(C)C)cc(C(C)(C)C)c3O)nc3c2oc2ccccc23)c1)c1ccccn1. The Balaban J connectivity index is 1.51. The number of aryl methyl sites for hydroxylation is 2. The molecular weight excluding hydrogens is 608 g/mol. The van der Waals surface area contributed by atoms with Gasteiger partial charge in [-0.3, -0.25) is 14.9 Å². The van der Waals surface area contributed by atoms with Crippen LogP contribution in [0.3, 0.4) is 0 Å². The maximum Gasteiger partial charge on any atom is 0.180 e. The molecule has 0 amide bonds. The van der Waals surface area contributed by atoms with Crippen LogP contribution in [0.15, 0.2) is 95.9 Å². The molecule has 0 bridgehead atoms. The predicted molar refractivity (Wildman–Crippen MR) is 197 cm³/mol.